The van der Waals surface area contributed by atoms with Crippen LogP contribution in [0.25, 0.3) is 0 Å². The molecule has 0 aromatic heterocycles. The van der Waals surface area contributed by atoms with Crippen molar-refractivity contribution in [3.63, 3.8) is 0 Å². The average Bonchev–Trinajstić information content (AvgIpc) is 3.59. The summed E-state index contributed by atoms with van der Waals surface area (Å²) in [6.45, 7) is 0.563. The third-order valence-electron chi connectivity index (χ3n) is 8.61. The summed E-state index contributed by atoms with van der Waals surface area (Å²) in [4.78, 5) is 12.8. The van der Waals surface area contributed by atoms with Crippen LogP contribution in [-0.4, -0.2) is 154 Å². The summed E-state index contributed by atoms with van der Waals surface area (Å²) in [5.41, 5.74) is 22.6. The Morgan fingerprint density at radius 1 is 0.929 bits per heavy atom. The average molecular weight is 609 g/mol. The number of aliphatic hydroxyl groups is 6. The van der Waals surface area contributed by atoms with Gasteiger partial charge < -0.3 is 83.2 Å². The molecule has 16 N–H and O–H groups in total. The molecule has 0 bridgehead atoms. The lowest BCUT2D eigenvalue weighted by atomic mass is 9.83. The molecule has 17 heteroatoms. The lowest BCUT2D eigenvalue weighted by Crippen LogP contribution is -2.69. The fourth-order valence-corrected chi connectivity index (χ4v) is 5.73. The Morgan fingerprint density at radius 2 is 1.62 bits per heavy atom. The number of hydrogen-bond donors (Lipinski definition) is 12. The molecule has 0 spiro atoms. The van der Waals surface area contributed by atoms with Gasteiger partial charge in [0.1, 0.15) is 36.6 Å². The lowest BCUT2D eigenvalue weighted by Gasteiger charge is -2.48. The maximum absolute atomic E-state index is 12.8. The Morgan fingerprint density at radius 3 is 2.26 bits per heavy atom. The minimum atomic E-state index is -1.77. The summed E-state index contributed by atoms with van der Waals surface area (Å²) in [6.07, 6.45) is -8.81. The molecule has 15 atom stereocenters. The number of aliphatic hydroxyl groups excluding tert-OH is 5. The fourth-order valence-electron chi connectivity index (χ4n) is 5.73. The Balaban J connectivity index is 1.49. The van der Waals surface area contributed by atoms with Crippen molar-refractivity contribution < 1.29 is 54.4 Å². The van der Waals surface area contributed by atoms with Crippen molar-refractivity contribution in [3.05, 3.63) is 0 Å². The first-order valence-electron chi connectivity index (χ1n) is 14.5. The van der Waals surface area contributed by atoms with Crippen LogP contribution in [0.15, 0.2) is 0 Å². The van der Waals surface area contributed by atoms with Gasteiger partial charge in [-0.2, -0.15) is 0 Å². The summed E-state index contributed by atoms with van der Waals surface area (Å²) in [5, 5.41) is 67.3. The molecule has 0 aromatic carbocycles. The molecule has 4 rings (SSSR count). The maximum atomic E-state index is 12.8. The van der Waals surface area contributed by atoms with E-state index in [-0.39, 0.29) is 25.6 Å². The van der Waals surface area contributed by atoms with Crippen molar-refractivity contribution >= 4 is 5.91 Å². The van der Waals surface area contributed by atoms with E-state index in [2.05, 4.69) is 10.6 Å². The Labute approximate surface area is 243 Å². The van der Waals surface area contributed by atoms with Crippen molar-refractivity contribution in [1.29, 1.82) is 0 Å². The van der Waals surface area contributed by atoms with Gasteiger partial charge >= 0.3 is 0 Å². The molecule has 244 valence electrons. The summed E-state index contributed by atoms with van der Waals surface area (Å²) in [6, 6.07) is -4.35. The van der Waals surface area contributed by atoms with Crippen LogP contribution in [0.5, 0.6) is 0 Å². The zero-order valence-electron chi connectivity index (χ0n) is 23.5. The largest absolute Gasteiger partial charge is 0.396 e. The van der Waals surface area contributed by atoms with E-state index >= 15 is 0 Å². The van der Waals surface area contributed by atoms with Gasteiger partial charge in [0.2, 0.25) is 0 Å². The number of hydrogen-bond acceptors (Lipinski definition) is 16. The molecule has 4 fully saturated rings. The van der Waals surface area contributed by atoms with Gasteiger partial charge in [0.05, 0.1) is 30.8 Å². The topological polar surface area (TPSA) is 304 Å². The van der Waals surface area contributed by atoms with E-state index in [1.54, 1.807) is 0 Å². The van der Waals surface area contributed by atoms with Gasteiger partial charge in [-0.1, -0.05) is 0 Å². The highest BCUT2D eigenvalue weighted by Gasteiger charge is 2.59. The standard InChI is InChI=1S/C25H48N6O11/c26-11-3-2-10(8-30-4-1-5-32)39-22(11)41-20-12(27)6-13(31-24(37)25(38)7-15(25)28)21(19(20)36)42-23-18(35)16(29)17(34)14(9-33)40-23/h10-23,30,32-36,38H,1-9,26-29H2,(H,31,37)/t10-,11+,12-,13+,14+,15?,16-,17+,18+,19-,20+,21-,22+,23+,25?/m0/s1. The number of amides is 1. The zero-order chi connectivity index (χ0) is 30.8. The Kier molecular flexibility index (Phi) is 11.5. The van der Waals surface area contributed by atoms with E-state index in [1.807, 2.05) is 0 Å². The van der Waals surface area contributed by atoms with Crippen molar-refractivity contribution in [3.8, 4) is 0 Å². The van der Waals surface area contributed by atoms with Crippen LogP contribution in [-0.2, 0) is 23.7 Å². The van der Waals surface area contributed by atoms with Crippen LogP contribution < -0.4 is 33.6 Å². The van der Waals surface area contributed by atoms with E-state index in [4.69, 9.17) is 47.0 Å². The molecule has 4 aliphatic rings. The van der Waals surface area contributed by atoms with E-state index < -0.39 is 97.5 Å². The molecule has 2 heterocycles. The van der Waals surface area contributed by atoms with Gasteiger partial charge in [0.15, 0.2) is 18.2 Å². The van der Waals surface area contributed by atoms with Crippen molar-refractivity contribution in [2.75, 3.05) is 26.3 Å². The first-order valence-corrected chi connectivity index (χ1v) is 14.5. The molecule has 1 amide bonds. The zero-order valence-corrected chi connectivity index (χ0v) is 23.5. The highest BCUT2D eigenvalue weighted by molar-refractivity contribution is 5.89. The number of carbonyl (C=O) groups excluding carboxylic acids is 1. The molecule has 0 radical (unpaired) electrons. The molecule has 2 saturated carbocycles. The summed E-state index contributed by atoms with van der Waals surface area (Å²) < 4.78 is 23.7. The van der Waals surface area contributed by atoms with E-state index in [0.29, 0.717) is 32.4 Å². The number of ether oxygens (including phenoxy) is 4. The van der Waals surface area contributed by atoms with Crippen LogP contribution in [0.1, 0.15) is 32.1 Å². The molecule has 2 aliphatic heterocycles. The van der Waals surface area contributed by atoms with Gasteiger partial charge in [-0.3, -0.25) is 4.79 Å². The number of rotatable bonds is 12. The van der Waals surface area contributed by atoms with Gasteiger partial charge in [-0.25, -0.2) is 0 Å². The molecule has 0 aromatic rings. The third kappa shape index (κ3) is 7.39. The predicted octanol–water partition coefficient (Wildman–Crippen LogP) is -6.63. The van der Waals surface area contributed by atoms with E-state index in [1.165, 1.54) is 0 Å². The van der Waals surface area contributed by atoms with Crippen LogP contribution in [0, 0.1) is 0 Å². The first-order chi connectivity index (χ1) is 19.9. The molecule has 2 aliphatic carbocycles. The maximum Gasteiger partial charge on any atom is 0.253 e. The molecule has 17 nitrogen and oxygen atoms in total. The first kappa shape index (κ1) is 33.8. The quantitative estimate of drug-likeness (QED) is 0.0916. The minimum Gasteiger partial charge on any atom is -0.396 e. The van der Waals surface area contributed by atoms with Gasteiger partial charge in [0.25, 0.3) is 5.91 Å². The second kappa shape index (κ2) is 14.3. The highest BCUT2D eigenvalue weighted by Crippen LogP contribution is 2.36. The molecular weight excluding hydrogens is 560 g/mol. The molecule has 42 heavy (non-hydrogen) atoms. The fraction of sp³-hybridized carbons (Fsp3) is 0.960. The second-order valence-electron chi connectivity index (χ2n) is 11.8. The van der Waals surface area contributed by atoms with Gasteiger partial charge in [0, 0.05) is 31.7 Å². The third-order valence-corrected chi connectivity index (χ3v) is 8.61. The van der Waals surface area contributed by atoms with Crippen LogP contribution in [0.2, 0.25) is 0 Å². The number of carbonyl (C=O) groups is 1. The van der Waals surface area contributed by atoms with Crippen LogP contribution in [0.3, 0.4) is 0 Å². The molecule has 2 unspecified atom stereocenters. The predicted molar refractivity (Wildman–Crippen MR) is 144 cm³/mol. The van der Waals surface area contributed by atoms with Crippen molar-refractivity contribution in [2.45, 2.75) is 123 Å². The van der Waals surface area contributed by atoms with Crippen LogP contribution in [0.4, 0.5) is 0 Å². The van der Waals surface area contributed by atoms with Crippen molar-refractivity contribution in [2.24, 2.45) is 22.9 Å². The Bertz CT molecular complexity index is 894. The summed E-state index contributed by atoms with van der Waals surface area (Å²) >= 11 is 0. The number of nitrogens with one attached hydrogen (secondary N) is 2. The molecule has 2 saturated heterocycles. The SMILES string of the molecule is NC1CC1(O)C(=O)N[C@@H]1C[C@H](N)[C@@H](O[C@H]2O[C@H](CNCCCO)CC[C@H]2N)[C@H](O)[C@H]1O[C@H]1O[C@H](CO)[C@@H](O)[C@H](N)[C@H]1O. The molecular formula is C25H48N6O11. The second-order valence-corrected chi connectivity index (χ2v) is 11.8. The van der Waals surface area contributed by atoms with Crippen LogP contribution >= 0.6 is 0 Å². The number of nitrogens with two attached hydrogens (primary N) is 4. The summed E-state index contributed by atoms with van der Waals surface area (Å²) in [5.74, 6) is -0.771. The normalized spacial score (nSPS) is 47.7. The van der Waals surface area contributed by atoms with Gasteiger partial charge in [-0.15, -0.1) is 0 Å². The monoisotopic (exact) mass is 608 g/mol. The highest BCUT2D eigenvalue weighted by atomic mass is 16.7. The smallest absolute Gasteiger partial charge is 0.253 e. The van der Waals surface area contributed by atoms with Crippen molar-refractivity contribution in [1.82, 2.24) is 10.6 Å². The minimum absolute atomic E-state index is 0.0124. The van der Waals surface area contributed by atoms with Gasteiger partial charge in [-0.05, 0) is 32.2 Å². The Hall–Kier alpha value is -1.13. The van der Waals surface area contributed by atoms with E-state index in [0.717, 1.165) is 0 Å². The summed E-state index contributed by atoms with van der Waals surface area (Å²) in [7, 11) is 0. The lowest BCUT2D eigenvalue weighted by molar-refractivity contribution is -0.314. The van der Waals surface area contributed by atoms with E-state index in [9.17, 15) is 30.3 Å².